The van der Waals surface area contributed by atoms with Crippen LogP contribution >= 0.6 is 0 Å². The van der Waals surface area contributed by atoms with E-state index in [2.05, 4.69) is 19.6 Å². The van der Waals surface area contributed by atoms with Gasteiger partial charge in [0.1, 0.15) is 5.75 Å². The van der Waals surface area contributed by atoms with Gasteiger partial charge in [-0.05, 0) is 43.8 Å². The summed E-state index contributed by atoms with van der Waals surface area (Å²) in [5, 5.41) is 8.73. The van der Waals surface area contributed by atoms with Crippen LogP contribution in [0.5, 0.6) is 5.75 Å². The van der Waals surface area contributed by atoms with Gasteiger partial charge < -0.3 is 9.53 Å². The molecule has 0 saturated heterocycles. The van der Waals surface area contributed by atoms with E-state index >= 15 is 0 Å². The minimum absolute atomic E-state index is 0.0440. The molecule has 0 heterocycles. The fourth-order valence-electron chi connectivity index (χ4n) is 1.37. The Kier molecular flexibility index (Phi) is 3.75. The predicted molar refractivity (Wildman–Crippen MR) is 66.5 cm³/mol. The van der Waals surface area contributed by atoms with Crippen LogP contribution in [0.25, 0.3) is 0 Å². The van der Waals surface area contributed by atoms with Gasteiger partial charge in [0.15, 0.2) is 0 Å². The molecule has 1 aromatic rings. The molecule has 4 heteroatoms. The van der Waals surface area contributed by atoms with Crippen LogP contribution < -0.4 is 4.43 Å². The number of aliphatic carboxylic acids is 1. The van der Waals surface area contributed by atoms with Crippen molar-refractivity contribution in [3.63, 3.8) is 0 Å². The highest BCUT2D eigenvalue weighted by molar-refractivity contribution is 6.70. The lowest BCUT2D eigenvalue weighted by atomic mass is 10.1. The first kappa shape index (κ1) is 12.8. The summed E-state index contributed by atoms with van der Waals surface area (Å²) < 4.78 is 5.90. The Bertz CT molecular complexity index is 394. The third-order valence-electron chi connectivity index (χ3n) is 2.02. The lowest BCUT2D eigenvalue weighted by Crippen LogP contribution is -2.29. The van der Waals surface area contributed by atoms with E-state index in [1.165, 1.54) is 0 Å². The second-order valence-electron chi connectivity index (χ2n) is 4.88. The van der Waals surface area contributed by atoms with Crippen molar-refractivity contribution >= 4 is 14.3 Å². The van der Waals surface area contributed by atoms with E-state index in [1.54, 1.807) is 0 Å². The quantitative estimate of drug-likeness (QED) is 0.820. The van der Waals surface area contributed by atoms with Gasteiger partial charge in [0.05, 0.1) is 6.42 Å². The summed E-state index contributed by atoms with van der Waals surface area (Å²) in [6, 6.07) is 5.58. The molecule has 0 aliphatic rings. The van der Waals surface area contributed by atoms with Crippen molar-refractivity contribution in [1.29, 1.82) is 0 Å². The number of hydrogen-bond acceptors (Lipinski definition) is 2. The molecule has 88 valence electrons. The average Bonchev–Trinajstić information content (AvgIpc) is 2.07. The van der Waals surface area contributed by atoms with Crippen LogP contribution in [0, 0.1) is 6.92 Å². The minimum atomic E-state index is -1.64. The molecule has 0 bridgehead atoms. The van der Waals surface area contributed by atoms with E-state index in [4.69, 9.17) is 9.53 Å². The molecule has 3 nitrogen and oxygen atoms in total. The summed E-state index contributed by atoms with van der Waals surface area (Å²) in [7, 11) is -1.64. The first-order chi connectivity index (χ1) is 7.28. The van der Waals surface area contributed by atoms with Crippen LogP contribution in [-0.2, 0) is 11.2 Å². The Morgan fingerprint density at radius 1 is 1.38 bits per heavy atom. The molecule has 0 spiro atoms. The lowest BCUT2D eigenvalue weighted by molar-refractivity contribution is -0.136. The number of rotatable bonds is 4. The Balaban J connectivity index is 2.95. The van der Waals surface area contributed by atoms with Crippen molar-refractivity contribution in [2.75, 3.05) is 0 Å². The summed E-state index contributed by atoms with van der Waals surface area (Å²) in [5.41, 5.74) is 1.84. The van der Waals surface area contributed by atoms with E-state index < -0.39 is 14.3 Å². The molecular weight excluding hydrogens is 220 g/mol. The zero-order valence-electron chi connectivity index (χ0n) is 10.2. The zero-order valence-corrected chi connectivity index (χ0v) is 11.2. The molecule has 0 aliphatic carbocycles. The van der Waals surface area contributed by atoms with Crippen molar-refractivity contribution in [3.8, 4) is 5.75 Å². The van der Waals surface area contributed by atoms with Crippen LogP contribution in [0.4, 0.5) is 0 Å². The van der Waals surface area contributed by atoms with Crippen LogP contribution in [0.2, 0.25) is 19.6 Å². The second-order valence-corrected chi connectivity index (χ2v) is 9.31. The monoisotopic (exact) mass is 238 g/mol. The molecule has 1 N–H and O–H groups in total. The molecule has 16 heavy (non-hydrogen) atoms. The highest BCUT2D eigenvalue weighted by Gasteiger charge is 2.17. The molecule has 0 aliphatic heterocycles. The van der Waals surface area contributed by atoms with Gasteiger partial charge in [-0.1, -0.05) is 12.1 Å². The summed E-state index contributed by atoms with van der Waals surface area (Å²) in [4.78, 5) is 10.6. The maximum absolute atomic E-state index is 10.6. The van der Waals surface area contributed by atoms with Crippen molar-refractivity contribution in [2.24, 2.45) is 0 Å². The maximum Gasteiger partial charge on any atom is 0.307 e. The van der Waals surface area contributed by atoms with Crippen LogP contribution in [0.15, 0.2) is 18.2 Å². The largest absolute Gasteiger partial charge is 0.544 e. The second kappa shape index (κ2) is 4.70. The lowest BCUT2D eigenvalue weighted by Gasteiger charge is -2.21. The molecule has 0 aromatic heterocycles. The van der Waals surface area contributed by atoms with E-state index in [0.29, 0.717) is 0 Å². The van der Waals surface area contributed by atoms with Gasteiger partial charge in [-0.3, -0.25) is 4.79 Å². The summed E-state index contributed by atoms with van der Waals surface area (Å²) in [5.74, 6) is 0.000670. The molecule has 0 saturated carbocycles. The van der Waals surface area contributed by atoms with Gasteiger partial charge in [-0.2, -0.15) is 0 Å². The van der Waals surface area contributed by atoms with Crippen molar-refractivity contribution < 1.29 is 14.3 Å². The fraction of sp³-hybridized carbons (Fsp3) is 0.417. The van der Waals surface area contributed by atoms with E-state index in [9.17, 15) is 4.79 Å². The standard InChI is InChI=1S/C12H18O3Si/c1-9-5-6-10(8-12(13)14)7-11(9)15-16(2,3)4/h5-7H,8H2,1-4H3,(H,13,14). The molecule has 1 aromatic carbocycles. The molecule has 0 unspecified atom stereocenters. The molecule has 0 fully saturated rings. The Morgan fingerprint density at radius 3 is 2.50 bits per heavy atom. The SMILES string of the molecule is Cc1ccc(CC(=O)O)cc1O[Si](C)(C)C. The first-order valence-electron chi connectivity index (χ1n) is 5.28. The smallest absolute Gasteiger partial charge is 0.307 e. The Hall–Kier alpha value is -1.29. The third-order valence-corrected chi connectivity index (χ3v) is 2.86. The number of carboxylic acids is 1. The van der Waals surface area contributed by atoms with E-state index in [0.717, 1.165) is 16.9 Å². The average molecular weight is 238 g/mol. The summed E-state index contributed by atoms with van der Waals surface area (Å²) in [6.07, 6.45) is 0.0440. The van der Waals surface area contributed by atoms with Crippen molar-refractivity contribution in [3.05, 3.63) is 29.3 Å². The normalized spacial score (nSPS) is 11.2. The zero-order chi connectivity index (χ0) is 12.3. The predicted octanol–water partition coefficient (Wildman–Crippen LogP) is 2.84. The van der Waals surface area contributed by atoms with Gasteiger partial charge in [-0.25, -0.2) is 0 Å². The van der Waals surface area contributed by atoms with E-state index in [-0.39, 0.29) is 6.42 Å². The first-order valence-corrected chi connectivity index (χ1v) is 8.69. The molecule has 1 rings (SSSR count). The number of benzene rings is 1. The number of carbonyl (C=O) groups is 1. The van der Waals surface area contributed by atoms with E-state index in [1.807, 2.05) is 25.1 Å². The summed E-state index contributed by atoms with van der Waals surface area (Å²) in [6.45, 7) is 8.29. The fourth-order valence-corrected chi connectivity index (χ4v) is 2.25. The Labute approximate surface area is 97.2 Å². The van der Waals surface area contributed by atoms with Gasteiger partial charge in [0.2, 0.25) is 8.32 Å². The van der Waals surface area contributed by atoms with Gasteiger partial charge >= 0.3 is 5.97 Å². The van der Waals surface area contributed by atoms with Gasteiger partial charge in [-0.15, -0.1) is 0 Å². The highest BCUT2D eigenvalue weighted by Crippen LogP contribution is 2.23. The van der Waals surface area contributed by atoms with Crippen molar-refractivity contribution in [2.45, 2.75) is 33.0 Å². The van der Waals surface area contributed by atoms with Crippen molar-refractivity contribution in [1.82, 2.24) is 0 Å². The minimum Gasteiger partial charge on any atom is -0.544 e. The number of hydrogen-bond donors (Lipinski definition) is 1. The third kappa shape index (κ3) is 4.06. The topological polar surface area (TPSA) is 46.5 Å². The number of carboxylic acid groups (broad SMARTS) is 1. The maximum atomic E-state index is 10.6. The molecular formula is C12H18O3Si. The molecule has 0 atom stereocenters. The van der Waals surface area contributed by atoms with Crippen LogP contribution in [0.1, 0.15) is 11.1 Å². The summed E-state index contributed by atoms with van der Waals surface area (Å²) >= 11 is 0. The van der Waals surface area contributed by atoms with Crippen LogP contribution in [0.3, 0.4) is 0 Å². The van der Waals surface area contributed by atoms with Gasteiger partial charge in [0.25, 0.3) is 0 Å². The van der Waals surface area contributed by atoms with Crippen LogP contribution in [-0.4, -0.2) is 19.4 Å². The molecule has 0 amide bonds. The Morgan fingerprint density at radius 2 is 2.00 bits per heavy atom. The highest BCUT2D eigenvalue weighted by atomic mass is 28.4. The number of aryl methyl sites for hydroxylation is 1. The molecule has 0 radical (unpaired) electrons. The van der Waals surface area contributed by atoms with Gasteiger partial charge in [0, 0.05) is 0 Å².